The van der Waals surface area contributed by atoms with E-state index in [0.29, 0.717) is 11.9 Å². The predicted molar refractivity (Wildman–Crippen MR) is 57.4 cm³/mol. The Morgan fingerprint density at radius 2 is 2.29 bits per heavy atom. The molecule has 1 rings (SSSR count). The molecule has 0 aliphatic rings. The van der Waals surface area contributed by atoms with Crippen LogP contribution in [0.1, 0.15) is 19.5 Å². The van der Waals surface area contributed by atoms with E-state index in [-0.39, 0.29) is 0 Å². The molecule has 4 heteroatoms. The SMILES string of the molecule is CNCc1coc(N(C)CC(C)C)n1. The highest BCUT2D eigenvalue weighted by atomic mass is 16.4. The molecule has 1 aromatic rings. The average molecular weight is 197 g/mol. The number of nitrogens with zero attached hydrogens (tertiary/aromatic N) is 2. The highest BCUT2D eigenvalue weighted by Crippen LogP contribution is 2.13. The van der Waals surface area contributed by atoms with E-state index in [1.807, 2.05) is 19.0 Å². The van der Waals surface area contributed by atoms with Gasteiger partial charge in [0, 0.05) is 20.1 Å². The zero-order valence-corrected chi connectivity index (χ0v) is 9.37. The van der Waals surface area contributed by atoms with Gasteiger partial charge >= 0.3 is 0 Å². The summed E-state index contributed by atoms with van der Waals surface area (Å²) in [6, 6.07) is 0.698. The number of nitrogens with one attached hydrogen (secondary N) is 1. The molecule has 0 spiro atoms. The fourth-order valence-electron chi connectivity index (χ4n) is 1.36. The van der Waals surface area contributed by atoms with Gasteiger partial charge in [0.05, 0.1) is 5.69 Å². The van der Waals surface area contributed by atoms with Gasteiger partial charge < -0.3 is 14.6 Å². The second-order valence-electron chi connectivity index (χ2n) is 3.93. The van der Waals surface area contributed by atoms with Crippen LogP contribution in [0, 0.1) is 5.92 Å². The molecule has 0 aromatic carbocycles. The summed E-state index contributed by atoms with van der Waals surface area (Å²) in [5.74, 6) is 0.611. The molecule has 0 amide bonds. The highest BCUT2D eigenvalue weighted by Gasteiger charge is 2.09. The van der Waals surface area contributed by atoms with Crippen LogP contribution in [0.25, 0.3) is 0 Å². The minimum atomic E-state index is 0.611. The number of rotatable bonds is 5. The van der Waals surface area contributed by atoms with Gasteiger partial charge in [-0.05, 0) is 13.0 Å². The topological polar surface area (TPSA) is 41.3 Å². The number of anilines is 1. The Morgan fingerprint density at radius 1 is 1.57 bits per heavy atom. The summed E-state index contributed by atoms with van der Waals surface area (Å²) in [5.41, 5.74) is 0.943. The van der Waals surface area contributed by atoms with Crippen LogP contribution < -0.4 is 10.2 Å². The van der Waals surface area contributed by atoms with Crippen LogP contribution in [-0.2, 0) is 6.54 Å². The van der Waals surface area contributed by atoms with Crippen LogP contribution in [-0.4, -0.2) is 25.6 Å². The number of aromatic nitrogens is 1. The van der Waals surface area contributed by atoms with Crippen molar-refractivity contribution in [1.82, 2.24) is 10.3 Å². The van der Waals surface area contributed by atoms with Crippen molar-refractivity contribution in [2.45, 2.75) is 20.4 Å². The molecule has 0 radical (unpaired) electrons. The van der Waals surface area contributed by atoms with E-state index in [4.69, 9.17) is 4.42 Å². The zero-order chi connectivity index (χ0) is 10.6. The summed E-state index contributed by atoms with van der Waals surface area (Å²) in [4.78, 5) is 6.38. The summed E-state index contributed by atoms with van der Waals surface area (Å²) >= 11 is 0. The lowest BCUT2D eigenvalue weighted by atomic mass is 10.2. The average Bonchev–Trinajstić information content (AvgIpc) is 2.52. The lowest BCUT2D eigenvalue weighted by Crippen LogP contribution is -2.22. The largest absolute Gasteiger partial charge is 0.432 e. The third-order valence-electron chi connectivity index (χ3n) is 1.86. The maximum absolute atomic E-state index is 5.35. The molecule has 0 fully saturated rings. The lowest BCUT2D eigenvalue weighted by Gasteiger charge is -2.16. The fraction of sp³-hybridized carbons (Fsp3) is 0.700. The summed E-state index contributed by atoms with van der Waals surface area (Å²) in [6.07, 6.45) is 1.70. The summed E-state index contributed by atoms with van der Waals surface area (Å²) in [6.45, 7) is 6.06. The molecule has 0 bridgehead atoms. The first-order chi connectivity index (χ1) is 6.63. The molecular weight excluding hydrogens is 178 g/mol. The van der Waals surface area contributed by atoms with E-state index >= 15 is 0 Å². The first-order valence-corrected chi connectivity index (χ1v) is 4.93. The molecular formula is C10H19N3O. The summed E-state index contributed by atoms with van der Waals surface area (Å²) in [7, 11) is 3.89. The number of hydrogen-bond donors (Lipinski definition) is 1. The smallest absolute Gasteiger partial charge is 0.297 e. The monoisotopic (exact) mass is 197 g/mol. The predicted octanol–water partition coefficient (Wildman–Crippen LogP) is 1.49. The van der Waals surface area contributed by atoms with Crippen molar-refractivity contribution < 1.29 is 4.42 Å². The Hall–Kier alpha value is -1.03. The van der Waals surface area contributed by atoms with Crippen LogP contribution in [0.3, 0.4) is 0 Å². The van der Waals surface area contributed by atoms with Crippen LogP contribution in [0.5, 0.6) is 0 Å². The second-order valence-corrected chi connectivity index (χ2v) is 3.93. The molecule has 1 aromatic heterocycles. The van der Waals surface area contributed by atoms with Gasteiger partial charge in [0.1, 0.15) is 6.26 Å². The van der Waals surface area contributed by atoms with Gasteiger partial charge in [-0.25, -0.2) is 0 Å². The number of oxazole rings is 1. The Kier molecular flexibility index (Phi) is 3.95. The van der Waals surface area contributed by atoms with Gasteiger partial charge in [0.25, 0.3) is 6.01 Å². The minimum absolute atomic E-state index is 0.611. The van der Waals surface area contributed by atoms with E-state index in [1.54, 1.807) is 6.26 Å². The van der Waals surface area contributed by atoms with Crippen LogP contribution in [0.4, 0.5) is 6.01 Å². The second kappa shape index (κ2) is 5.00. The Morgan fingerprint density at radius 3 is 2.86 bits per heavy atom. The standard InChI is InChI=1S/C10H19N3O/c1-8(2)6-13(4)10-12-9(5-11-3)7-14-10/h7-8,11H,5-6H2,1-4H3. The Balaban J connectivity index is 2.57. The molecule has 14 heavy (non-hydrogen) atoms. The highest BCUT2D eigenvalue weighted by molar-refractivity contribution is 5.25. The molecule has 0 saturated carbocycles. The summed E-state index contributed by atoms with van der Waals surface area (Å²) < 4.78 is 5.35. The van der Waals surface area contributed by atoms with E-state index in [0.717, 1.165) is 18.8 Å². The third-order valence-corrected chi connectivity index (χ3v) is 1.86. The van der Waals surface area contributed by atoms with Crippen molar-refractivity contribution >= 4 is 6.01 Å². The molecule has 0 atom stereocenters. The van der Waals surface area contributed by atoms with Gasteiger partial charge in [-0.2, -0.15) is 4.98 Å². The van der Waals surface area contributed by atoms with E-state index in [9.17, 15) is 0 Å². The molecule has 1 heterocycles. The number of hydrogen-bond acceptors (Lipinski definition) is 4. The minimum Gasteiger partial charge on any atom is -0.432 e. The van der Waals surface area contributed by atoms with Gasteiger partial charge in [-0.15, -0.1) is 0 Å². The van der Waals surface area contributed by atoms with Crippen LogP contribution in [0.15, 0.2) is 10.7 Å². The van der Waals surface area contributed by atoms with E-state index < -0.39 is 0 Å². The first kappa shape index (κ1) is 11.0. The van der Waals surface area contributed by atoms with E-state index in [1.165, 1.54) is 0 Å². The molecule has 0 unspecified atom stereocenters. The van der Waals surface area contributed by atoms with Gasteiger partial charge in [0.15, 0.2) is 0 Å². The van der Waals surface area contributed by atoms with Gasteiger partial charge in [-0.1, -0.05) is 13.8 Å². The molecule has 0 aliphatic heterocycles. The fourth-order valence-corrected chi connectivity index (χ4v) is 1.36. The van der Waals surface area contributed by atoms with Crippen molar-refractivity contribution in [1.29, 1.82) is 0 Å². The Labute approximate surface area is 85.3 Å². The first-order valence-electron chi connectivity index (χ1n) is 4.93. The molecule has 80 valence electrons. The van der Waals surface area contributed by atoms with Crippen molar-refractivity contribution in [2.24, 2.45) is 5.92 Å². The quantitative estimate of drug-likeness (QED) is 0.776. The maximum Gasteiger partial charge on any atom is 0.297 e. The van der Waals surface area contributed by atoms with Gasteiger partial charge in [0.2, 0.25) is 0 Å². The molecule has 0 aliphatic carbocycles. The van der Waals surface area contributed by atoms with Crippen LogP contribution in [0.2, 0.25) is 0 Å². The zero-order valence-electron chi connectivity index (χ0n) is 9.37. The summed E-state index contributed by atoms with van der Waals surface area (Å²) in [5, 5.41) is 3.04. The normalized spacial score (nSPS) is 10.9. The maximum atomic E-state index is 5.35. The lowest BCUT2D eigenvalue weighted by molar-refractivity contribution is 0.523. The van der Waals surface area contributed by atoms with Crippen molar-refractivity contribution in [3.05, 3.63) is 12.0 Å². The molecule has 1 N–H and O–H groups in total. The van der Waals surface area contributed by atoms with E-state index in [2.05, 4.69) is 24.1 Å². The molecule has 4 nitrogen and oxygen atoms in total. The third kappa shape index (κ3) is 3.03. The molecule has 0 saturated heterocycles. The van der Waals surface area contributed by atoms with Crippen LogP contribution >= 0.6 is 0 Å². The van der Waals surface area contributed by atoms with Crippen molar-refractivity contribution in [3.63, 3.8) is 0 Å². The van der Waals surface area contributed by atoms with Gasteiger partial charge in [-0.3, -0.25) is 0 Å². The van der Waals surface area contributed by atoms with Crippen molar-refractivity contribution in [3.8, 4) is 0 Å². The Bertz CT molecular complexity index is 270. The van der Waals surface area contributed by atoms with Crippen molar-refractivity contribution in [2.75, 3.05) is 25.5 Å².